The minimum atomic E-state index is -3.60. The highest BCUT2D eigenvalue weighted by atomic mass is 32.2. The molecular formula is C23H38N4O5S2. The molecule has 9 nitrogen and oxygen atoms in total. The summed E-state index contributed by atoms with van der Waals surface area (Å²) in [6.45, 7) is 4.24. The molecule has 0 bridgehead atoms. The van der Waals surface area contributed by atoms with E-state index in [9.17, 15) is 18.0 Å². The van der Waals surface area contributed by atoms with E-state index < -0.39 is 10.0 Å². The molecule has 1 aromatic rings. The van der Waals surface area contributed by atoms with E-state index in [2.05, 4.69) is 17.6 Å². The average molecular weight is 515 g/mol. The quantitative estimate of drug-likeness (QED) is 0.328. The van der Waals surface area contributed by atoms with Gasteiger partial charge in [0.1, 0.15) is 10.5 Å². The number of sulfonamides is 1. The number of likely N-dealkylation sites (tertiary alicyclic amines) is 1. The third-order valence-electron chi connectivity index (χ3n) is 7.10. The molecule has 2 atom stereocenters. The topological polar surface area (TPSA) is 108 Å². The van der Waals surface area contributed by atoms with Gasteiger partial charge in [-0.05, 0) is 42.5 Å². The number of aldehydes is 1. The molecule has 11 heteroatoms. The largest absolute Gasteiger partial charge is 0.364 e. The van der Waals surface area contributed by atoms with Crippen molar-refractivity contribution in [3.05, 3.63) is 17.5 Å². The summed E-state index contributed by atoms with van der Waals surface area (Å²) in [4.78, 5) is 25.8. The zero-order valence-electron chi connectivity index (χ0n) is 20.2. The number of amides is 2. The van der Waals surface area contributed by atoms with E-state index in [1.54, 1.807) is 24.6 Å². The van der Waals surface area contributed by atoms with E-state index in [1.807, 2.05) is 4.90 Å². The Hall–Kier alpha value is -1.53. The molecule has 2 heterocycles. The van der Waals surface area contributed by atoms with Gasteiger partial charge < -0.3 is 20.2 Å². The summed E-state index contributed by atoms with van der Waals surface area (Å²) in [7, 11) is -2.02. The van der Waals surface area contributed by atoms with Gasteiger partial charge in [0.15, 0.2) is 0 Å². The molecule has 1 aliphatic carbocycles. The highest BCUT2D eigenvalue weighted by molar-refractivity contribution is 7.91. The Bertz CT molecular complexity index is 887. The molecule has 3 rings (SSSR count). The van der Waals surface area contributed by atoms with Crippen LogP contribution in [0.4, 0.5) is 4.79 Å². The lowest BCUT2D eigenvalue weighted by Gasteiger charge is -2.42. The highest BCUT2D eigenvalue weighted by Crippen LogP contribution is 2.39. The number of carbonyl (C=O) groups is 2. The van der Waals surface area contributed by atoms with Crippen LogP contribution < -0.4 is 10.6 Å². The van der Waals surface area contributed by atoms with Gasteiger partial charge in [-0.15, -0.1) is 11.3 Å². The molecule has 1 unspecified atom stereocenters. The molecule has 192 valence electrons. The van der Waals surface area contributed by atoms with Crippen molar-refractivity contribution < 1.29 is 22.7 Å². The summed E-state index contributed by atoms with van der Waals surface area (Å²) in [6.07, 6.45) is 8.02. The number of rotatable bonds is 12. The van der Waals surface area contributed by atoms with Crippen molar-refractivity contribution in [2.75, 3.05) is 40.0 Å². The zero-order valence-corrected chi connectivity index (χ0v) is 21.8. The summed E-state index contributed by atoms with van der Waals surface area (Å²) < 4.78 is 33.2. The molecule has 1 saturated carbocycles. The molecule has 0 spiro atoms. The summed E-state index contributed by atoms with van der Waals surface area (Å²) in [6, 6.07) is 2.62. The predicted octanol–water partition coefficient (Wildman–Crippen LogP) is 2.64. The fourth-order valence-corrected chi connectivity index (χ4v) is 7.25. The lowest BCUT2D eigenvalue weighted by molar-refractivity contribution is -0.113. The van der Waals surface area contributed by atoms with Gasteiger partial charge in [-0.2, -0.15) is 4.31 Å². The van der Waals surface area contributed by atoms with E-state index in [0.29, 0.717) is 24.1 Å². The molecule has 0 aromatic carbocycles. The van der Waals surface area contributed by atoms with Gasteiger partial charge in [0, 0.05) is 32.7 Å². The lowest BCUT2D eigenvalue weighted by atomic mass is 9.70. The van der Waals surface area contributed by atoms with Crippen molar-refractivity contribution in [2.24, 2.45) is 5.41 Å². The van der Waals surface area contributed by atoms with Crippen LogP contribution in [0.1, 0.15) is 51.9 Å². The highest BCUT2D eigenvalue weighted by Gasteiger charge is 2.39. The Morgan fingerprint density at radius 2 is 2.12 bits per heavy atom. The van der Waals surface area contributed by atoms with Gasteiger partial charge in [-0.3, -0.25) is 4.90 Å². The van der Waals surface area contributed by atoms with E-state index in [0.717, 1.165) is 57.8 Å². The van der Waals surface area contributed by atoms with Crippen LogP contribution in [0.5, 0.6) is 0 Å². The minimum absolute atomic E-state index is 0.0734. The molecule has 1 saturated heterocycles. The first-order valence-electron chi connectivity index (χ1n) is 12.1. The van der Waals surface area contributed by atoms with Gasteiger partial charge in [0.2, 0.25) is 0 Å². The van der Waals surface area contributed by atoms with Crippen molar-refractivity contribution in [3.63, 3.8) is 0 Å². The standard InChI is InChI=1S/C23H38N4O5S2/c1-23(10-4-3-5-11-23)20(16-26(2)34(30,31)21-9-7-15-33-21)25-22(29)24-12-14-32-18-27-13-6-8-19(27)17-28/h7,9,15,17,19-20H,3-6,8,10-14,16,18H2,1-2H3,(H2,24,25,29)/t19-,20?/m0/s1. The molecule has 2 amide bonds. The van der Waals surface area contributed by atoms with Crippen LogP contribution in [0.25, 0.3) is 0 Å². The molecule has 2 N–H and O–H groups in total. The smallest absolute Gasteiger partial charge is 0.315 e. The second-order valence-electron chi connectivity index (χ2n) is 9.58. The summed E-state index contributed by atoms with van der Waals surface area (Å²) in [5, 5.41) is 7.64. The van der Waals surface area contributed by atoms with Crippen molar-refractivity contribution >= 4 is 33.7 Å². The van der Waals surface area contributed by atoms with E-state index in [1.165, 1.54) is 15.6 Å². The summed E-state index contributed by atoms with van der Waals surface area (Å²) >= 11 is 1.19. The van der Waals surface area contributed by atoms with Crippen molar-refractivity contribution in [1.82, 2.24) is 19.8 Å². The molecule has 1 aromatic heterocycles. The SMILES string of the molecule is CN(CC(NC(=O)NCCOCN1CCC[C@H]1C=O)C1(C)CCCCC1)S(=O)(=O)c1cccs1. The molecule has 2 fully saturated rings. The first-order chi connectivity index (χ1) is 16.3. The van der Waals surface area contributed by atoms with E-state index >= 15 is 0 Å². The van der Waals surface area contributed by atoms with E-state index in [4.69, 9.17) is 4.74 Å². The van der Waals surface area contributed by atoms with Crippen LogP contribution in [0.15, 0.2) is 21.7 Å². The van der Waals surface area contributed by atoms with Crippen molar-refractivity contribution in [1.29, 1.82) is 0 Å². The zero-order chi connectivity index (χ0) is 24.6. The Morgan fingerprint density at radius 3 is 2.79 bits per heavy atom. The van der Waals surface area contributed by atoms with Crippen LogP contribution in [0.2, 0.25) is 0 Å². The van der Waals surface area contributed by atoms with Crippen LogP contribution in [0, 0.1) is 5.41 Å². The number of hydrogen-bond acceptors (Lipinski definition) is 7. The van der Waals surface area contributed by atoms with Crippen molar-refractivity contribution in [2.45, 2.75) is 68.2 Å². The third-order valence-corrected chi connectivity index (χ3v) is 10.3. The minimum Gasteiger partial charge on any atom is -0.364 e. The number of ether oxygens (including phenoxy) is 1. The summed E-state index contributed by atoms with van der Waals surface area (Å²) in [5.41, 5.74) is -0.176. The van der Waals surface area contributed by atoms with Crippen LogP contribution in [-0.2, 0) is 19.6 Å². The third kappa shape index (κ3) is 7.00. The van der Waals surface area contributed by atoms with Crippen LogP contribution in [-0.4, -0.2) is 82.0 Å². The van der Waals surface area contributed by atoms with Crippen LogP contribution >= 0.6 is 11.3 Å². The maximum atomic E-state index is 13.0. The number of nitrogens with one attached hydrogen (secondary N) is 2. The number of thiophene rings is 1. The summed E-state index contributed by atoms with van der Waals surface area (Å²) in [5.74, 6) is 0. The second-order valence-corrected chi connectivity index (χ2v) is 12.8. The molecule has 1 aliphatic heterocycles. The average Bonchev–Trinajstić information content (AvgIpc) is 3.51. The van der Waals surface area contributed by atoms with Crippen LogP contribution in [0.3, 0.4) is 0 Å². The Balaban J connectivity index is 1.53. The number of urea groups is 1. The number of nitrogens with zero attached hydrogens (tertiary/aromatic N) is 2. The van der Waals surface area contributed by atoms with Gasteiger partial charge in [-0.25, -0.2) is 13.2 Å². The Labute approximate surface area is 207 Å². The molecular weight excluding hydrogens is 476 g/mol. The predicted molar refractivity (Wildman–Crippen MR) is 132 cm³/mol. The number of hydrogen-bond donors (Lipinski definition) is 2. The fraction of sp³-hybridized carbons (Fsp3) is 0.739. The van der Waals surface area contributed by atoms with E-state index in [-0.39, 0.29) is 30.1 Å². The molecule has 0 radical (unpaired) electrons. The first kappa shape index (κ1) is 27.1. The number of carbonyl (C=O) groups excluding carboxylic acids is 2. The second kappa shape index (κ2) is 12.4. The van der Waals surface area contributed by atoms with Gasteiger partial charge in [0.05, 0.1) is 19.4 Å². The Morgan fingerprint density at radius 1 is 1.35 bits per heavy atom. The number of likely N-dealkylation sites (N-methyl/N-ethyl adjacent to an activating group) is 1. The van der Waals surface area contributed by atoms with Crippen molar-refractivity contribution in [3.8, 4) is 0 Å². The molecule has 34 heavy (non-hydrogen) atoms. The molecule has 2 aliphatic rings. The first-order valence-corrected chi connectivity index (χ1v) is 14.4. The van der Waals surface area contributed by atoms with Gasteiger partial charge in [0.25, 0.3) is 10.0 Å². The maximum absolute atomic E-state index is 13.0. The Kier molecular flexibility index (Phi) is 9.90. The lowest BCUT2D eigenvalue weighted by Crippen LogP contribution is -2.55. The van der Waals surface area contributed by atoms with Gasteiger partial charge in [-0.1, -0.05) is 32.3 Å². The fourth-order valence-electron chi connectivity index (χ4n) is 4.86. The van der Waals surface area contributed by atoms with Gasteiger partial charge >= 0.3 is 6.03 Å². The maximum Gasteiger partial charge on any atom is 0.315 e. The normalized spacial score (nSPS) is 21.9. The monoisotopic (exact) mass is 514 g/mol.